The molecular formula is C16H12ClFN2O. The van der Waals surface area contributed by atoms with Crippen molar-refractivity contribution in [2.45, 2.75) is 12.5 Å². The standard InChI is InChI=1S/C16H12ClFN2O/c17-12-2-1-10(8-19)15(7-12)20-9-14-6-11-5-13(18)3-4-16(11)21-14/h1-5,7,14,20H,6,9H2. The predicted octanol–water partition coefficient (Wildman–Crippen LogP) is 3.77. The monoisotopic (exact) mass is 302 g/mol. The van der Waals surface area contributed by atoms with Crippen molar-refractivity contribution >= 4 is 17.3 Å². The first-order valence-electron chi connectivity index (χ1n) is 6.54. The molecule has 1 aliphatic rings. The molecule has 3 rings (SSSR count). The third kappa shape index (κ3) is 2.93. The van der Waals surface area contributed by atoms with Crippen LogP contribution in [0.4, 0.5) is 10.1 Å². The fourth-order valence-electron chi connectivity index (χ4n) is 2.39. The molecule has 0 bridgehead atoms. The Morgan fingerprint density at radius 1 is 1.33 bits per heavy atom. The summed E-state index contributed by atoms with van der Waals surface area (Å²) < 4.78 is 18.9. The molecule has 1 atom stereocenters. The first kappa shape index (κ1) is 13.7. The third-order valence-corrected chi connectivity index (χ3v) is 3.62. The number of nitrogens with zero attached hydrogens (tertiary/aromatic N) is 1. The van der Waals surface area contributed by atoms with E-state index in [0.717, 1.165) is 11.3 Å². The van der Waals surface area contributed by atoms with Crippen molar-refractivity contribution in [3.8, 4) is 11.8 Å². The minimum Gasteiger partial charge on any atom is -0.488 e. The van der Waals surface area contributed by atoms with E-state index in [9.17, 15) is 4.39 Å². The van der Waals surface area contributed by atoms with Gasteiger partial charge >= 0.3 is 0 Å². The van der Waals surface area contributed by atoms with Gasteiger partial charge in [-0.15, -0.1) is 0 Å². The van der Waals surface area contributed by atoms with Crippen molar-refractivity contribution in [3.05, 3.63) is 58.4 Å². The fourth-order valence-corrected chi connectivity index (χ4v) is 2.56. The zero-order valence-corrected chi connectivity index (χ0v) is 11.8. The quantitative estimate of drug-likeness (QED) is 0.939. The van der Waals surface area contributed by atoms with Crippen molar-refractivity contribution in [1.82, 2.24) is 0 Å². The lowest BCUT2D eigenvalue weighted by Gasteiger charge is -2.14. The van der Waals surface area contributed by atoms with Crippen LogP contribution in [0, 0.1) is 17.1 Å². The number of halogens is 2. The molecule has 21 heavy (non-hydrogen) atoms. The topological polar surface area (TPSA) is 45.0 Å². The summed E-state index contributed by atoms with van der Waals surface area (Å²) >= 11 is 5.94. The molecule has 1 heterocycles. The Labute approximate surface area is 126 Å². The van der Waals surface area contributed by atoms with E-state index in [1.807, 2.05) is 0 Å². The van der Waals surface area contributed by atoms with Crippen LogP contribution >= 0.6 is 11.6 Å². The van der Waals surface area contributed by atoms with E-state index in [1.165, 1.54) is 12.1 Å². The van der Waals surface area contributed by atoms with Gasteiger partial charge in [-0.25, -0.2) is 4.39 Å². The Morgan fingerprint density at radius 2 is 2.19 bits per heavy atom. The number of nitriles is 1. The van der Waals surface area contributed by atoms with Crippen molar-refractivity contribution in [2.24, 2.45) is 0 Å². The van der Waals surface area contributed by atoms with Gasteiger partial charge in [-0.2, -0.15) is 5.26 Å². The van der Waals surface area contributed by atoms with Gasteiger partial charge in [-0.05, 0) is 36.4 Å². The number of fused-ring (bicyclic) bond motifs is 1. The molecule has 0 saturated carbocycles. The van der Waals surface area contributed by atoms with E-state index in [-0.39, 0.29) is 11.9 Å². The van der Waals surface area contributed by atoms with Gasteiger partial charge in [-0.1, -0.05) is 11.6 Å². The SMILES string of the molecule is N#Cc1ccc(Cl)cc1NCC1Cc2cc(F)ccc2O1. The Hall–Kier alpha value is -2.25. The highest BCUT2D eigenvalue weighted by molar-refractivity contribution is 6.30. The van der Waals surface area contributed by atoms with Gasteiger partial charge in [0.2, 0.25) is 0 Å². The number of ether oxygens (including phenoxy) is 1. The predicted molar refractivity (Wildman–Crippen MR) is 79.2 cm³/mol. The van der Waals surface area contributed by atoms with Gasteiger partial charge in [0.15, 0.2) is 0 Å². The van der Waals surface area contributed by atoms with Gasteiger partial charge in [-0.3, -0.25) is 0 Å². The van der Waals surface area contributed by atoms with E-state index < -0.39 is 0 Å². The number of benzene rings is 2. The minimum atomic E-state index is -0.257. The maximum Gasteiger partial charge on any atom is 0.123 e. The maximum absolute atomic E-state index is 13.2. The van der Waals surface area contributed by atoms with E-state index in [4.69, 9.17) is 21.6 Å². The summed E-state index contributed by atoms with van der Waals surface area (Å²) in [6, 6.07) is 11.7. The normalized spacial score (nSPS) is 16.0. The highest BCUT2D eigenvalue weighted by Gasteiger charge is 2.23. The van der Waals surface area contributed by atoms with E-state index in [0.29, 0.717) is 29.2 Å². The molecule has 3 nitrogen and oxygen atoms in total. The molecule has 0 radical (unpaired) electrons. The summed E-state index contributed by atoms with van der Waals surface area (Å²) in [6.07, 6.45) is 0.551. The first-order chi connectivity index (χ1) is 10.2. The average Bonchev–Trinajstić information content (AvgIpc) is 2.87. The van der Waals surface area contributed by atoms with E-state index in [1.54, 1.807) is 24.3 Å². The molecule has 1 N–H and O–H groups in total. The summed E-state index contributed by atoms with van der Waals surface area (Å²) in [5.41, 5.74) is 2.07. The first-order valence-corrected chi connectivity index (χ1v) is 6.92. The molecule has 5 heteroatoms. The summed E-state index contributed by atoms with van der Waals surface area (Å²) in [6.45, 7) is 0.519. The lowest BCUT2D eigenvalue weighted by Crippen LogP contribution is -2.24. The zero-order valence-electron chi connectivity index (χ0n) is 11.1. The van der Waals surface area contributed by atoms with Crippen LogP contribution in [0.25, 0.3) is 0 Å². The van der Waals surface area contributed by atoms with Gasteiger partial charge in [0.1, 0.15) is 23.7 Å². The summed E-state index contributed by atoms with van der Waals surface area (Å²) in [7, 11) is 0. The smallest absolute Gasteiger partial charge is 0.123 e. The Morgan fingerprint density at radius 3 is 3.00 bits per heavy atom. The molecule has 0 saturated heterocycles. The number of anilines is 1. The van der Waals surface area contributed by atoms with Gasteiger partial charge < -0.3 is 10.1 Å². The largest absolute Gasteiger partial charge is 0.488 e. The summed E-state index contributed by atoms with van der Waals surface area (Å²) in [5, 5.41) is 12.8. The number of nitrogens with one attached hydrogen (secondary N) is 1. The van der Waals surface area contributed by atoms with Crippen LogP contribution in [0.3, 0.4) is 0 Å². The van der Waals surface area contributed by atoms with Crippen molar-refractivity contribution in [3.63, 3.8) is 0 Å². The minimum absolute atomic E-state index is 0.0904. The molecule has 0 spiro atoms. The highest BCUT2D eigenvalue weighted by atomic mass is 35.5. The molecule has 0 aromatic heterocycles. The van der Waals surface area contributed by atoms with Crippen LogP contribution in [0.5, 0.6) is 5.75 Å². The zero-order chi connectivity index (χ0) is 14.8. The lowest BCUT2D eigenvalue weighted by atomic mass is 10.1. The molecule has 0 aliphatic carbocycles. The van der Waals surface area contributed by atoms with Crippen molar-refractivity contribution in [1.29, 1.82) is 5.26 Å². The van der Waals surface area contributed by atoms with E-state index >= 15 is 0 Å². The van der Waals surface area contributed by atoms with Gasteiger partial charge in [0.05, 0.1) is 17.8 Å². The Bertz CT molecular complexity index is 727. The van der Waals surface area contributed by atoms with Crippen LogP contribution in [-0.2, 0) is 6.42 Å². The Kier molecular flexibility index (Phi) is 3.68. The Balaban J connectivity index is 1.68. The molecule has 0 amide bonds. The van der Waals surface area contributed by atoms with Gasteiger partial charge in [0.25, 0.3) is 0 Å². The second-order valence-electron chi connectivity index (χ2n) is 4.88. The molecule has 106 valence electrons. The molecule has 0 fully saturated rings. The molecule has 1 aliphatic heterocycles. The van der Waals surface area contributed by atoms with Crippen molar-refractivity contribution in [2.75, 3.05) is 11.9 Å². The highest BCUT2D eigenvalue weighted by Crippen LogP contribution is 2.29. The average molecular weight is 303 g/mol. The summed E-state index contributed by atoms with van der Waals surface area (Å²) in [5.74, 6) is 0.461. The maximum atomic E-state index is 13.2. The number of hydrogen-bond acceptors (Lipinski definition) is 3. The van der Waals surface area contributed by atoms with Crippen molar-refractivity contribution < 1.29 is 9.13 Å². The van der Waals surface area contributed by atoms with Crippen LogP contribution in [0.2, 0.25) is 5.02 Å². The number of hydrogen-bond donors (Lipinski definition) is 1. The van der Waals surface area contributed by atoms with Crippen LogP contribution in [0.15, 0.2) is 36.4 Å². The van der Waals surface area contributed by atoms with Crippen LogP contribution in [0.1, 0.15) is 11.1 Å². The number of rotatable bonds is 3. The van der Waals surface area contributed by atoms with Gasteiger partial charge in [0, 0.05) is 17.0 Å². The summed E-state index contributed by atoms with van der Waals surface area (Å²) in [4.78, 5) is 0. The third-order valence-electron chi connectivity index (χ3n) is 3.39. The molecule has 2 aromatic carbocycles. The second-order valence-corrected chi connectivity index (χ2v) is 5.32. The van der Waals surface area contributed by atoms with Crippen LogP contribution in [-0.4, -0.2) is 12.6 Å². The molecule has 1 unspecified atom stereocenters. The molecule has 2 aromatic rings. The fraction of sp³-hybridized carbons (Fsp3) is 0.188. The second kappa shape index (κ2) is 5.63. The van der Waals surface area contributed by atoms with E-state index in [2.05, 4.69) is 11.4 Å². The molecular weight excluding hydrogens is 291 g/mol. The lowest BCUT2D eigenvalue weighted by molar-refractivity contribution is 0.246. The van der Waals surface area contributed by atoms with Crippen LogP contribution < -0.4 is 10.1 Å².